The molecule has 5 heteroatoms. The molecule has 2 aromatic rings. The smallest absolute Gasteiger partial charge is 0.225 e. The first-order valence-electron chi connectivity index (χ1n) is 4.66. The standard InChI is InChI=1S/C10H11N3OS/c14-10(12-9-5-6-11-13-9)4-3-8-2-1-7-15-8/h1-2,5-7H,3-4H2,(H2,11,12,13,14). The summed E-state index contributed by atoms with van der Waals surface area (Å²) in [6.45, 7) is 0. The molecule has 0 saturated heterocycles. The van der Waals surface area contributed by atoms with Crippen LogP contribution >= 0.6 is 11.3 Å². The molecule has 15 heavy (non-hydrogen) atoms. The molecule has 0 aliphatic heterocycles. The maximum atomic E-state index is 11.4. The Balaban J connectivity index is 1.78. The lowest BCUT2D eigenvalue weighted by Crippen LogP contribution is -2.12. The third kappa shape index (κ3) is 2.92. The highest BCUT2D eigenvalue weighted by molar-refractivity contribution is 7.09. The molecule has 78 valence electrons. The van der Waals surface area contributed by atoms with Crippen molar-refractivity contribution in [2.75, 3.05) is 5.32 Å². The average Bonchev–Trinajstić information content (AvgIpc) is 2.86. The van der Waals surface area contributed by atoms with E-state index in [9.17, 15) is 4.79 Å². The highest BCUT2D eigenvalue weighted by atomic mass is 32.1. The minimum absolute atomic E-state index is 0.00417. The predicted octanol–water partition coefficient (Wildman–Crippen LogP) is 2.04. The maximum Gasteiger partial charge on any atom is 0.225 e. The number of aromatic amines is 1. The molecule has 0 radical (unpaired) electrons. The first-order valence-corrected chi connectivity index (χ1v) is 5.54. The van der Waals surface area contributed by atoms with Gasteiger partial charge in [-0.15, -0.1) is 11.3 Å². The van der Waals surface area contributed by atoms with Gasteiger partial charge in [0.2, 0.25) is 5.91 Å². The number of hydrogen-bond donors (Lipinski definition) is 2. The van der Waals surface area contributed by atoms with E-state index in [1.54, 1.807) is 23.6 Å². The van der Waals surface area contributed by atoms with Crippen LogP contribution in [0.1, 0.15) is 11.3 Å². The number of nitrogens with zero attached hydrogens (tertiary/aromatic N) is 1. The molecule has 0 spiro atoms. The number of anilines is 1. The van der Waals surface area contributed by atoms with Crippen molar-refractivity contribution < 1.29 is 4.79 Å². The first kappa shape index (κ1) is 9.92. The SMILES string of the molecule is O=C(CCc1cccs1)Nc1cc[nH]n1. The summed E-state index contributed by atoms with van der Waals surface area (Å²) in [6, 6.07) is 5.75. The molecule has 0 fully saturated rings. The Labute approximate surface area is 91.3 Å². The summed E-state index contributed by atoms with van der Waals surface area (Å²) in [6.07, 6.45) is 2.95. The van der Waals surface area contributed by atoms with Gasteiger partial charge in [0, 0.05) is 23.6 Å². The van der Waals surface area contributed by atoms with Gasteiger partial charge in [0.25, 0.3) is 0 Å². The lowest BCUT2D eigenvalue weighted by molar-refractivity contribution is -0.116. The summed E-state index contributed by atoms with van der Waals surface area (Å²) >= 11 is 1.67. The fourth-order valence-corrected chi connectivity index (χ4v) is 1.94. The van der Waals surface area contributed by atoms with Gasteiger partial charge < -0.3 is 5.32 Å². The van der Waals surface area contributed by atoms with Gasteiger partial charge in [0.15, 0.2) is 5.82 Å². The second-order valence-corrected chi connectivity index (χ2v) is 4.12. The molecule has 0 aromatic carbocycles. The Bertz CT molecular complexity index is 408. The molecule has 0 bridgehead atoms. The van der Waals surface area contributed by atoms with Crippen LogP contribution in [0.2, 0.25) is 0 Å². The summed E-state index contributed by atoms with van der Waals surface area (Å²) in [5, 5.41) is 11.2. The number of carbonyl (C=O) groups is 1. The summed E-state index contributed by atoms with van der Waals surface area (Å²) in [5.74, 6) is 0.571. The fraction of sp³-hybridized carbons (Fsp3) is 0.200. The van der Waals surface area contributed by atoms with Crippen LogP contribution in [0.15, 0.2) is 29.8 Å². The summed E-state index contributed by atoms with van der Waals surface area (Å²) in [4.78, 5) is 12.7. The van der Waals surface area contributed by atoms with E-state index in [4.69, 9.17) is 0 Å². The lowest BCUT2D eigenvalue weighted by Gasteiger charge is -1.99. The van der Waals surface area contributed by atoms with E-state index in [0.29, 0.717) is 12.2 Å². The van der Waals surface area contributed by atoms with Gasteiger partial charge in [-0.25, -0.2) is 0 Å². The molecule has 4 nitrogen and oxygen atoms in total. The van der Waals surface area contributed by atoms with Crippen LogP contribution < -0.4 is 5.32 Å². The van der Waals surface area contributed by atoms with Gasteiger partial charge >= 0.3 is 0 Å². The normalized spacial score (nSPS) is 10.1. The van der Waals surface area contributed by atoms with E-state index in [-0.39, 0.29) is 5.91 Å². The zero-order valence-corrected chi connectivity index (χ0v) is 8.88. The largest absolute Gasteiger partial charge is 0.309 e. The number of aromatic nitrogens is 2. The van der Waals surface area contributed by atoms with Gasteiger partial charge in [-0.2, -0.15) is 5.10 Å². The average molecular weight is 221 g/mol. The lowest BCUT2D eigenvalue weighted by atomic mass is 10.2. The van der Waals surface area contributed by atoms with Crippen molar-refractivity contribution in [3.8, 4) is 0 Å². The van der Waals surface area contributed by atoms with Crippen LogP contribution in [0.4, 0.5) is 5.82 Å². The zero-order valence-electron chi connectivity index (χ0n) is 8.06. The number of H-pyrrole nitrogens is 1. The summed E-state index contributed by atoms with van der Waals surface area (Å²) in [7, 11) is 0. The highest BCUT2D eigenvalue weighted by Gasteiger charge is 2.04. The van der Waals surface area contributed by atoms with E-state index >= 15 is 0 Å². The van der Waals surface area contributed by atoms with E-state index in [1.807, 2.05) is 17.5 Å². The van der Waals surface area contributed by atoms with Gasteiger partial charge in [0.05, 0.1) is 0 Å². The van der Waals surface area contributed by atoms with Gasteiger partial charge in [-0.1, -0.05) is 6.07 Å². The van der Waals surface area contributed by atoms with Crippen LogP contribution in [0.25, 0.3) is 0 Å². The molecule has 0 saturated carbocycles. The number of carbonyl (C=O) groups excluding carboxylic acids is 1. The molecule has 2 N–H and O–H groups in total. The monoisotopic (exact) mass is 221 g/mol. The van der Waals surface area contributed by atoms with Crippen molar-refractivity contribution in [3.05, 3.63) is 34.7 Å². The van der Waals surface area contributed by atoms with Crippen molar-refractivity contribution in [1.29, 1.82) is 0 Å². The Morgan fingerprint density at radius 1 is 1.53 bits per heavy atom. The van der Waals surface area contributed by atoms with Crippen LogP contribution in [-0.4, -0.2) is 16.1 Å². The molecule has 1 amide bonds. The van der Waals surface area contributed by atoms with Crippen molar-refractivity contribution in [1.82, 2.24) is 10.2 Å². The third-order valence-corrected chi connectivity index (χ3v) is 2.88. The molecule has 0 unspecified atom stereocenters. The molecular weight excluding hydrogens is 210 g/mol. The van der Waals surface area contributed by atoms with E-state index in [0.717, 1.165) is 6.42 Å². The second-order valence-electron chi connectivity index (χ2n) is 3.09. The van der Waals surface area contributed by atoms with Crippen LogP contribution in [0, 0.1) is 0 Å². The molecule has 2 rings (SSSR count). The highest BCUT2D eigenvalue weighted by Crippen LogP contribution is 2.11. The first-order chi connectivity index (χ1) is 7.34. The Morgan fingerprint density at radius 3 is 3.13 bits per heavy atom. The summed E-state index contributed by atoms with van der Waals surface area (Å²) < 4.78 is 0. The topological polar surface area (TPSA) is 57.8 Å². The minimum atomic E-state index is -0.00417. The van der Waals surface area contributed by atoms with Crippen molar-refractivity contribution >= 4 is 23.1 Å². The summed E-state index contributed by atoms with van der Waals surface area (Å²) in [5.41, 5.74) is 0. The molecule has 2 heterocycles. The minimum Gasteiger partial charge on any atom is -0.309 e. The quantitative estimate of drug-likeness (QED) is 0.830. The molecule has 0 aliphatic carbocycles. The van der Waals surface area contributed by atoms with Crippen molar-refractivity contribution in [2.24, 2.45) is 0 Å². The number of rotatable bonds is 4. The van der Waals surface area contributed by atoms with Crippen molar-refractivity contribution in [2.45, 2.75) is 12.8 Å². The van der Waals surface area contributed by atoms with E-state index in [1.165, 1.54) is 4.88 Å². The second kappa shape index (κ2) is 4.75. The third-order valence-electron chi connectivity index (χ3n) is 1.95. The predicted molar refractivity (Wildman–Crippen MR) is 59.9 cm³/mol. The van der Waals surface area contributed by atoms with Crippen LogP contribution in [-0.2, 0) is 11.2 Å². The van der Waals surface area contributed by atoms with Crippen LogP contribution in [0.3, 0.4) is 0 Å². The number of thiophene rings is 1. The Hall–Kier alpha value is -1.62. The number of amides is 1. The van der Waals surface area contributed by atoms with Crippen molar-refractivity contribution in [3.63, 3.8) is 0 Å². The number of aryl methyl sites for hydroxylation is 1. The Morgan fingerprint density at radius 2 is 2.47 bits per heavy atom. The molecule has 0 aliphatic rings. The zero-order chi connectivity index (χ0) is 10.5. The van der Waals surface area contributed by atoms with Gasteiger partial charge in [-0.3, -0.25) is 9.89 Å². The molecule has 0 atom stereocenters. The number of nitrogens with one attached hydrogen (secondary N) is 2. The van der Waals surface area contributed by atoms with Gasteiger partial charge in [-0.05, 0) is 17.9 Å². The fourth-order valence-electron chi connectivity index (χ4n) is 1.23. The van der Waals surface area contributed by atoms with Crippen LogP contribution in [0.5, 0.6) is 0 Å². The van der Waals surface area contributed by atoms with E-state index in [2.05, 4.69) is 15.5 Å². The van der Waals surface area contributed by atoms with Gasteiger partial charge in [0.1, 0.15) is 0 Å². The van der Waals surface area contributed by atoms with E-state index < -0.39 is 0 Å². The maximum absolute atomic E-state index is 11.4. The number of hydrogen-bond acceptors (Lipinski definition) is 3. The Kier molecular flexibility index (Phi) is 3.14. The molecular formula is C10H11N3OS. The molecule has 2 aromatic heterocycles.